The molecule has 2 heterocycles. The van der Waals surface area contributed by atoms with Crippen molar-refractivity contribution in [2.45, 2.75) is 19.4 Å². The van der Waals surface area contributed by atoms with Gasteiger partial charge in [-0.1, -0.05) is 18.5 Å². The van der Waals surface area contributed by atoms with E-state index in [1.165, 1.54) is 12.3 Å². The lowest BCUT2D eigenvalue weighted by Gasteiger charge is -2.26. The van der Waals surface area contributed by atoms with Gasteiger partial charge in [-0.15, -0.1) is 11.6 Å². The van der Waals surface area contributed by atoms with Gasteiger partial charge in [-0.25, -0.2) is 9.37 Å². The first kappa shape index (κ1) is 11.9. The van der Waals surface area contributed by atoms with Crippen molar-refractivity contribution in [3.8, 4) is 0 Å². The molecule has 1 aliphatic heterocycles. The summed E-state index contributed by atoms with van der Waals surface area (Å²) in [4.78, 5) is 5.99. The monoisotopic (exact) mass is 262 g/mol. The molecule has 1 aromatic heterocycles. The molecule has 2 unspecified atom stereocenters. The van der Waals surface area contributed by atoms with Crippen molar-refractivity contribution in [1.82, 2.24) is 4.98 Å². The molecule has 0 aromatic carbocycles. The van der Waals surface area contributed by atoms with E-state index in [0.717, 1.165) is 13.0 Å². The Labute approximate surface area is 104 Å². The maximum Gasteiger partial charge on any atom is 0.167 e. The highest BCUT2D eigenvalue weighted by molar-refractivity contribution is 6.30. The molecule has 2 nitrogen and oxygen atoms in total. The Morgan fingerprint density at radius 2 is 2.38 bits per heavy atom. The number of nitrogens with zero attached hydrogens (tertiary/aromatic N) is 2. The van der Waals surface area contributed by atoms with E-state index in [0.29, 0.717) is 22.6 Å². The number of aromatic nitrogens is 1. The molecule has 0 spiro atoms. The van der Waals surface area contributed by atoms with Crippen LogP contribution in [-0.2, 0) is 0 Å². The van der Waals surface area contributed by atoms with Crippen LogP contribution in [0.4, 0.5) is 10.2 Å². The van der Waals surface area contributed by atoms with Crippen molar-refractivity contribution in [2.24, 2.45) is 5.92 Å². The molecule has 16 heavy (non-hydrogen) atoms. The summed E-state index contributed by atoms with van der Waals surface area (Å²) in [5.41, 5.74) is 0. The molecule has 1 aromatic rings. The number of rotatable bonds is 2. The molecule has 2 atom stereocenters. The highest BCUT2D eigenvalue weighted by atomic mass is 35.5. The predicted molar refractivity (Wildman–Crippen MR) is 64.8 cm³/mol. The Balaban J connectivity index is 2.30. The van der Waals surface area contributed by atoms with E-state index in [1.807, 2.05) is 4.90 Å². The van der Waals surface area contributed by atoms with Crippen LogP contribution in [0.15, 0.2) is 12.3 Å². The molecule has 0 saturated carbocycles. The van der Waals surface area contributed by atoms with E-state index in [1.54, 1.807) is 0 Å². The van der Waals surface area contributed by atoms with E-state index >= 15 is 0 Å². The minimum absolute atomic E-state index is 0.157. The Hall–Kier alpha value is -0.540. The molecular weight excluding hydrogens is 250 g/mol. The van der Waals surface area contributed by atoms with Gasteiger partial charge in [0.25, 0.3) is 0 Å². The average Bonchev–Trinajstić information content (AvgIpc) is 2.59. The second-order valence-corrected chi connectivity index (χ2v) is 4.89. The molecule has 0 radical (unpaired) electrons. The molecule has 1 fully saturated rings. The molecule has 0 N–H and O–H groups in total. The topological polar surface area (TPSA) is 16.1 Å². The summed E-state index contributed by atoms with van der Waals surface area (Å²) in [7, 11) is 0. The zero-order valence-electron chi connectivity index (χ0n) is 8.96. The van der Waals surface area contributed by atoms with E-state index in [-0.39, 0.29) is 11.9 Å². The number of alkyl halides is 1. The number of pyridine rings is 1. The summed E-state index contributed by atoms with van der Waals surface area (Å²) in [6.07, 6.45) is 2.48. The van der Waals surface area contributed by atoms with Gasteiger partial charge in [0.2, 0.25) is 0 Å². The molecule has 1 aliphatic rings. The zero-order valence-corrected chi connectivity index (χ0v) is 10.5. The first-order valence-corrected chi connectivity index (χ1v) is 6.18. The molecule has 1 saturated heterocycles. The van der Waals surface area contributed by atoms with Crippen molar-refractivity contribution in [2.75, 3.05) is 17.3 Å². The van der Waals surface area contributed by atoms with Crippen molar-refractivity contribution < 1.29 is 4.39 Å². The lowest BCUT2D eigenvalue weighted by molar-refractivity contribution is 0.540. The van der Waals surface area contributed by atoms with E-state index < -0.39 is 0 Å². The van der Waals surface area contributed by atoms with Crippen molar-refractivity contribution in [1.29, 1.82) is 0 Å². The lowest BCUT2D eigenvalue weighted by atomic mass is 10.1. The van der Waals surface area contributed by atoms with E-state index in [4.69, 9.17) is 23.2 Å². The van der Waals surface area contributed by atoms with E-state index in [2.05, 4.69) is 11.9 Å². The van der Waals surface area contributed by atoms with Gasteiger partial charge in [-0.2, -0.15) is 0 Å². The molecule has 2 rings (SSSR count). The average molecular weight is 263 g/mol. The Bertz CT molecular complexity index is 386. The van der Waals surface area contributed by atoms with Gasteiger partial charge in [0.15, 0.2) is 11.6 Å². The smallest absolute Gasteiger partial charge is 0.167 e. The van der Waals surface area contributed by atoms with Crippen LogP contribution in [0.2, 0.25) is 5.02 Å². The van der Waals surface area contributed by atoms with Crippen LogP contribution in [0.1, 0.15) is 13.3 Å². The largest absolute Gasteiger partial charge is 0.350 e. The van der Waals surface area contributed by atoms with Crippen LogP contribution in [0.25, 0.3) is 0 Å². The summed E-state index contributed by atoms with van der Waals surface area (Å²) >= 11 is 11.6. The van der Waals surface area contributed by atoms with Crippen LogP contribution >= 0.6 is 23.2 Å². The van der Waals surface area contributed by atoms with Crippen molar-refractivity contribution in [3.05, 3.63) is 23.1 Å². The van der Waals surface area contributed by atoms with Gasteiger partial charge in [-0.05, 0) is 18.4 Å². The standard InChI is InChI=1S/C11H13Cl2FN2/c1-7-2-3-16(10(7)5-12)11-9(14)4-8(13)6-15-11/h4,6-7,10H,2-3,5H2,1H3. The molecule has 0 amide bonds. The quantitative estimate of drug-likeness (QED) is 0.761. The molecule has 0 aliphatic carbocycles. The van der Waals surface area contributed by atoms with Gasteiger partial charge in [0.05, 0.1) is 5.02 Å². The Morgan fingerprint density at radius 3 is 3.00 bits per heavy atom. The highest BCUT2D eigenvalue weighted by Crippen LogP contribution is 2.31. The summed E-state index contributed by atoms with van der Waals surface area (Å²) < 4.78 is 13.7. The fourth-order valence-electron chi connectivity index (χ4n) is 2.13. The fraction of sp³-hybridized carbons (Fsp3) is 0.545. The highest BCUT2D eigenvalue weighted by Gasteiger charge is 2.32. The number of hydrogen-bond donors (Lipinski definition) is 0. The normalized spacial score (nSPS) is 25.1. The molecule has 0 bridgehead atoms. The predicted octanol–water partition coefficient (Wildman–Crippen LogP) is 3.33. The summed E-state index contributed by atoms with van der Waals surface area (Å²) in [6, 6.07) is 1.45. The minimum Gasteiger partial charge on any atom is -0.350 e. The van der Waals surface area contributed by atoms with Crippen LogP contribution in [0.5, 0.6) is 0 Å². The SMILES string of the molecule is CC1CCN(c2ncc(Cl)cc2F)C1CCl. The molecule has 5 heteroatoms. The van der Waals surface area contributed by atoms with Gasteiger partial charge in [0.1, 0.15) is 0 Å². The van der Waals surface area contributed by atoms with Crippen LogP contribution in [-0.4, -0.2) is 23.5 Å². The molecule has 88 valence electrons. The summed E-state index contributed by atoms with van der Waals surface area (Å²) in [6.45, 7) is 2.92. The minimum atomic E-state index is -0.378. The van der Waals surface area contributed by atoms with Gasteiger partial charge in [0, 0.05) is 24.7 Å². The van der Waals surface area contributed by atoms with Crippen LogP contribution < -0.4 is 4.90 Å². The second kappa shape index (κ2) is 4.76. The fourth-order valence-corrected chi connectivity index (χ4v) is 2.74. The van der Waals surface area contributed by atoms with Crippen LogP contribution in [0, 0.1) is 11.7 Å². The lowest BCUT2D eigenvalue weighted by Crippen LogP contribution is -2.34. The number of halogens is 3. The third kappa shape index (κ3) is 2.11. The van der Waals surface area contributed by atoms with Crippen molar-refractivity contribution in [3.63, 3.8) is 0 Å². The Kier molecular flexibility index (Phi) is 3.55. The van der Waals surface area contributed by atoms with Gasteiger partial charge < -0.3 is 4.90 Å². The van der Waals surface area contributed by atoms with E-state index in [9.17, 15) is 4.39 Å². The number of hydrogen-bond acceptors (Lipinski definition) is 2. The number of anilines is 1. The van der Waals surface area contributed by atoms with Crippen molar-refractivity contribution >= 4 is 29.0 Å². The third-order valence-electron chi connectivity index (χ3n) is 3.10. The summed E-state index contributed by atoms with van der Waals surface area (Å²) in [5, 5.41) is 0.316. The second-order valence-electron chi connectivity index (χ2n) is 4.14. The maximum atomic E-state index is 13.7. The van der Waals surface area contributed by atoms with Gasteiger partial charge in [-0.3, -0.25) is 0 Å². The zero-order chi connectivity index (χ0) is 11.7. The first-order chi connectivity index (χ1) is 7.63. The van der Waals surface area contributed by atoms with Gasteiger partial charge >= 0.3 is 0 Å². The maximum absolute atomic E-state index is 13.7. The first-order valence-electron chi connectivity index (χ1n) is 5.27. The molecular formula is C11H13Cl2FN2. The van der Waals surface area contributed by atoms with Crippen LogP contribution in [0.3, 0.4) is 0 Å². The third-order valence-corrected chi connectivity index (χ3v) is 3.62. The Morgan fingerprint density at radius 1 is 1.62 bits per heavy atom. The summed E-state index contributed by atoms with van der Waals surface area (Å²) in [5.74, 6) is 0.941.